The van der Waals surface area contributed by atoms with Gasteiger partial charge in [-0.15, -0.1) is 0 Å². The molecule has 0 unspecified atom stereocenters. The Hall–Kier alpha value is -1.26. The van der Waals surface area contributed by atoms with Crippen molar-refractivity contribution in [3.05, 3.63) is 34.9 Å². The van der Waals surface area contributed by atoms with Crippen LogP contribution in [0.3, 0.4) is 0 Å². The smallest absolute Gasteiger partial charge is 0.410 e. The van der Waals surface area contributed by atoms with Gasteiger partial charge < -0.3 is 15.0 Å². The maximum atomic E-state index is 12.3. The van der Waals surface area contributed by atoms with E-state index in [9.17, 15) is 4.79 Å². The molecule has 0 aliphatic carbocycles. The summed E-state index contributed by atoms with van der Waals surface area (Å²) in [4.78, 5) is 14.2. The Balaban J connectivity index is 2.09. The maximum Gasteiger partial charge on any atom is 0.410 e. The van der Waals surface area contributed by atoms with Gasteiger partial charge in [-0.1, -0.05) is 29.8 Å². The van der Waals surface area contributed by atoms with Gasteiger partial charge in [-0.25, -0.2) is 4.79 Å². The summed E-state index contributed by atoms with van der Waals surface area (Å²) in [5.74, 6) is 0. The number of rotatable bonds is 2. The van der Waals surface area contributed by atoms with Gasteiger partial charge in [0.25, 0.3) is 0 Å². The molecule has 1 fully saturated rings. The summed E-state index contributed by atoms with van der Waals surface area (Å²) in [6, 6.07) is 7.83. The summed E-state index contributed by atoms with van der Waals surface area (Å²) in [5, 5.41) is 4.07. The van der Waals surface area contributed by atoms with Gasteiger partial charge in [0.05, 0.1) is 6.04 Å². The van der Waals surface area contributed by atoms with Gasteiger partial charge in [-0.3, -0.25) is 0 Å². The Morgan fingerprint density at radius 2 is 2.14 bits per heavy atom. The van der Waals surface area contributed by atoms with Crippen molar-refractivity contribution in [2.24, 2.45) is 0 Å². The fourth-order valence-corrected chi connectivity index (χ4v) is 2.63. The third-order valence-corrected chi connectivity index (χ3v) is 3.76. The zero-order valence-corrected chi connectivity index (χ0v) is 13.6. The van der Waals surface area contributed by atoms with E-state index in [1.807, 2.05) is 49.9 Å². The number of nitrogens with one attached hydrogen (secondary N) is 1. The Bertz CT molecular complexity index is 499. The van der Waals surface area contributed by atoms with E-state index in [-0.39, 0.29) is 12.1 Å². The zero-order chi connectivity index (χ0) is 15.5. The Morgan fingerprint density at radius 1 is 1.43 bits per heavy atom. The predicted molar refractivity (Wildman–Crippen MR) is 84.8 cm³/mol. The minimum absolute atomic E-state index is 0.0634. The van der Waals surface area contributed by atoms with Gasteiger partial charge in [0.2, 0.25) is 0 Å². The molecule has 0 saturated carbocycles. The summed E-state index contributed by atoms with van der Waals surface area (Å²) in [6.07, 6.45) is 0.479. The van der Waals surface area contributed by atoms with Crippen LogP contribution in [-0.2, 0) is 11.2 Å². The summed E-state index contributed by atoms with van der Waals surface area (Å²) < 4.78 is 5.50. The molecule has 116 valence electrons. The number of amides is 1. The molecule has 0 spiro atoms. The third kappa shape index (κ3) is 4.61. The summed E-state index contributed by atoms with van der Waals surface area (Å²) in [6.45, 7) is 7.86. The molecule has 1 aromatic carbocycles. The molecule has 1 aromatic rings. The monoisotopic (exact) mass is 310 g/mol. The highest BCUT2D eigenvalue weighted by Gasteiger charge is 2.30. The van der Waals surface area contributed by atoms with E-state index in [0.717, 1.165) is 30.1 Å². The SMILES string of the molecule is CC(C)(C)OC(=O)N1CCNC[C@H]1Cc1ccccc1Cl. The van der Waals surface area contributed by atoms with E-state index in [4.69, 9.17) is 16.3 Å². The molecule has 1 aliphatic rings. The molecule has 1 N–H and O–H groups in total. The van der Waals surface area contributed by atoms with Gasteiger partial charge in [-0.2, -0.15) is 0 Å². The first kappa shape index (κ1) is 16.1. The van der Waals surface area contributed by atoms with Crippen molar-refractivity contribution in [2.75, 3.05) is 19.6 Å². The molecule has 1 saturated heterocycles. The Labute approximate surface area is 131 Å². The fourth-order valence-electron chi connectivity index (χ4n) is 2.42. The molecule has 0 aromatic heterocycles. The first-order valence-electron chi connectivity index (χ1n) is 7.30. The lowest BCUT2D eigenvalue weighted by atomic mass is 10.0. The molecule has 1 atom stereocenters. The number of hydrogen-bond donors (Lipinski definition) is 1. The largest absolute Gasteiger partial charge is 0.444 e. The summed E-state index contributed by atoms with van der Waals surface area (Å²) in [7, 11) is 0. The van der Waals surface area contributed by atoms with Gasteiger partial charge in [0.15, 0.2) is 0 Å². The van der Waals surface area contributed by atoms with Crippen LogP contribution in [0.15, 0.2) is 24.3 Å². The zero-order valence-electron chi connectivity index (χ0n) is 12.9. The van der Waals surface area contributed by atoms with E-state index in [0.29, 0.717) is 6.54 Å². The van der Waals surface area contributed by atoms with Crippen LogP contribution < -0.4 is 5.32 Å². The van der Waals surface area contributed by atoms with Gasteiger partial charge in [0, 0.05) is 24.7 Å². The van der Waals surface area contributed by atoms with Crippen molar-refractivity contribution >= 4 is 17.7 Å². The number of carbonyl (C=O) groups is 1. The topological polar surface area (TPSA) is 41.6 Å². The number of hydrogen-bond acceptors (Lipinski definition) is 3. The number of carbonyl (C=O) groups excluding carboxylic acids is 1. The highest BCUT2D eigenvalue weighted by atomic mass is 35.5. The summed E-state index contributed by atoms with van der Waals surface area (Å²) >= 11 is 6.22. The molecule has 0 bridgehead atoms. The molecule has 4 nitrogen and oxygen atoms in total. The quantitative estimate of drug-likeness (QED) is 0.912. The first-order valence-corrected chi connectivity index (χ1v) is 7.68. The number of piperazine rings is 1. The maximum absolute atomic E-state index is 12.3. The predicted octanol–water partition coefficient (Wildman–Crippen LogP) is 3.09. The van der Waals surface area contributed by atoms with E-state index < -0.39 is 5.60 Å². The molecule has 1 heterocycles. The lowest BCUT2D eigenvalue weighted by Crippen LogP contribution is -2.55. The minimum atomic E-state index is -0.475. The molecular weight excluding hydrogens is 288 g/mol. The normalized spacial score (nSPS) is 19.4. The van der Waals surface area contributed by atoms with Crippen LogP contribution in [0.25, 0.3) is 0 Å². The van der Waals surface area contributed by atoms with Gasteiger partial charge >= 0.3 is 6.09 Å². The van der Waals surface area contributed by atoms with Crippen LogP contribution in [0.4, 0.5) is 4.79 Å². The fraction of sp³-hybridized carbons (Fsp3) is 0.562. The molecule has 1 aliphatic heterocycles. The van der Waals surface area contributed by atoms with Crippen molar-refractivity contribution < 1.29 is 9.53 Å². The lowest BCUT2D eigenvalue weighted by molar-refractivity contribution is 0.0122. The molecule has 0 radical (unpaired) electrons. The van der Waals surface area contributed by atoms with E-state index in [1.54, 1.807) is 0 Å². The van der Waals surface area contributed by atoms with Crippen LogP contribution in [0, 0.1) is 0 Å². The lowest BCUT2D eigenvalue weighted by Gasteiger charge is -2.37. The van der Waals surface area contributed by atoms with Crippen molar-refractivity contribution in [3.63, 3.8) is 0 Å². The molecule has 21 heavy (non-hydrogen) atoms. The van der Waals surface area contributed by atoms with Gasteiger partial charge in [-0.05, 0) is 38.8 Å². The van der Waals surface area contributed by atoms with E-state index >= 15 is 0 Å². The van der Waals surface area contributed by atoms with E-state index in [2.05, 4.69) is 5.32 Å². The molecule has 5 heteroatoms. The van der Waals surface area contributed by atoms with Crippen molar-refractivity contribution in [1.29, 1.82) is 0 Å². The highest BCUT2D eigenvalue weighted by molar-refractivity contribution is 6.31. The molecule has 2 rings (SSSR count). The van der Waals surface area contributed by atoms with Crippen LogP contribution >= 0.6 is 11.6 Å². The number of benzene rings is 1. The van der Waals surface area contributed by atoms with Crippen LogP contribution in [0.5, 0.6) is 0 Å². The second-order valence-electron chi connectivity index (χ2n) is 6.33. The third-order valence-electron chi connectivity index (χ3n) is 3.39. The number of ether oxygens (including phenoxy) is 1. The van der Waals surface area contributed by atoms with Crippen molar-refractivity contribution in [1.82, 2.24) is 10.2 Å². The number of nitrogens with zero attached hydrogens (tertiary/aromatic N) is 1. The highest BCUT2D eigenvalue weighted by Crippen LogP contribution is 2.20. The average Bonchev–Trinajstić information content (AvgIpc) is 2.40. The van der Waals surface area contributed by atoms with Crippen molar-refractivity contribution in [3.8, 4) is 0 Å². The minimum Gasteiger partial charge on any atom is -0.444 e. The van der Waals surface area contributed by atoms with Gasteiger partial charge in [0.1, 0.15) is 5.60 Å². The Morgan fingerprint density at radius 3 is 2.81 bits per heavy atom. The van der Waals surface area contributed by atoms with Crippen molar-refractivity contribution in [2.45, 2.75) is 38.8 Å². The second kappa shape index (κ2) is 6.67. The standard InChI is InChI=1S/C16H23ClN2O2/c1-16(2,3)21-15(20)19-9-8-18-11-13(19)10-12-6-4-5-7-14(12)17/h4-7,13,18H,8-11H2,1-3H3/t13-/m1/s1. The van der Waals surface area contributed by atoms with Crippen LogP contribution in [0.2, 0.25) is 5.02 Å². The van der Waals surface area contributed by atoms with E-state index in [1.165, 1.54) is 0 Å². The number of halogens is 1. The second-order valence-corrected chi connectivity index (χ2v) is 6.73. The van der Waals surface area contributed by atoms with Crippen LogP contribution in [-0.4, -0.2) is 42.3 Å². The first-order chi connectivity index (χ1) is 9.87. The summed E-state index contributed by atoms with van der Waals surface area (Å²) in [5.41, 5.74) is 0.582. The Kier molecular flexibility index (Phi) is 5.12. The average molecular weight is 311 g/mol. The van der Waals surface area contributed by atoms with Crippen LogP contribution in [0.1, 0.15) is 26.3 Å². The molecule has 1 amide bonds. The molecular formula is C16H23ClN2O2.